The van der Waals surface area contributed by atoms with Gasteiger partial charge in [-0.15, -0.1) is 0 Å². The highest BCUT2D eigenvalue weighted by Gasteiger charge is 2.33. The standard InChI is InChI=1S/C16H26O2Si/c1-16(2,3)15(18-19(4)5)14(12-17)11-13-9-7-6-8-10-13/h6-10,12,14-15,19H,11H2,1-5H3. The normalized spacial score (nSPS) is 15.3. The quantitative estimate of drug-likeness (QED) is 0.588. The summed E-state index contributed by atoms with van der Waals surface area (Å²) in [5.74, 6) is -0.0719. The molecule has 0 aliphatic heterocycles. The molecule has 2 atom stereocenters. The summed E-state index contributed by atoms with van der Waals surface area (Å²) < 4.78 is 6.15. The lowest BCUT2D eigenvalue weighted by molar-refractivity contribution is -0.116. The summed E-state index contributed by atoms with van der Waals surface area (Å²) in [4.78, 5) is 11.5. The summed E-state index contributed by atoms with van der Waals surface area (Å²) in [5, 5.41) is 0. The van der Waals surface area contributed by atoms with Gasteiger partial charge in [0.05, 0.1) is 6.10 Å². The van der Waals surface area contributed by atoms with Crippen molar-refractivity contribution >= 4 is 15.3 Å². The minimum absolute atomic E-state index is 0.00290. The number of rotatable bonds is 6. The molecule has 106 valence electrons. The van der Waals surface area contributed by atoms with Crippen molar-refractivity contribution in [1.29, 1.82) is 0 Å². The first kappa shape index (κ1) is 16.1. The number of carbonyl (C=O) groups is 1. The highest BCUT2D eigenvalue weighted by molar-refractivity contribution is 6.48. The summed E-state index contributed by atoms with van der Waals surface area (Å²) in [6.07, 6.45) is 1.82. The van der Waals surface area contributed by atoms with Crippen molar-refractivity contribution in [2.45, 2.75) is 46.4 Å². The molecule has 0 N–H and O–H groups in total. The molecule has 3 heteroatoms. The molecule has 19 heavy (non-hydrogen) atoms. The second kappa shape index (κ2) is 7.01. The van der Waals surface area contributed by atoms with Gasteiger partial charge in [0.25, 0.3) is 0 Å². The van der Waals surface area contributed by atoms with Crippen molar-refractivity contribution in [3.8, 4) is 0 Å². The van der Waals surface area contributed by atoms with Gasteiger partial charge in [0, 0.05) is 5.92 Å². The van der Waals surface area contributed by atoms with Crippen LogP contribution in [-0.4, -0.2) is 21.4 Å². The largest absolute Gasteiger partial charge is 0.416 e. The Morgan fingerprint density at radius 2 is 1.79 bits per heavy atom. The maximum atomic E-state index is 11.5. The van der Waals surface area contributed by atoms with Crippen LogP contribution in [-0.2, 0) is 15.6 Å². The Kier molecular flexibility index (Phi) is 5.95. The van der Waals surface area contributed by atoms with Crippen molar-refractivity contribution in [3.05, 3.63) is 35.9 Å². The zero-order valence-electron chi connectivity index (χ0n) is 12.7. The van der Waals surface area contributed by atoms with Gasteiger partial charge in [-0.1, -0.05) is 51.1 Å². The third-order valence-electron chi connectivity index (χ3n) is 3.15. The smallest absolute Gasteiger partial charge is 0.171 e. The maximum Gasteiger partial charge on any atom is 0.171 e. The van der Waals surface area contributed by atoms with E-state index < -0.39 is 9.04 Å². The van der Waals surface area contributed by atoms with Gasteiger partial charge in [0.1, 0.15) is 6.29 Å². The number of aldehydes is 1. The Morgan fingerprint density at radius 1 is 1.21 bits per heavy atom. The van der Waals surface area contributed by atoms with Gasteiger partial charge in [-0.3, -0.25) is 0 Å². The molecule has 0 aliphatic carbocycles. The van der Waals surface area contributed by atoms with E-state index in [1.54, 1.807) is 0 Å². The van der Waals surface area contributed by atoms with E-state index >= 15 is 0 Å². The van der Waals surface area contributed by atoms with Crippen LogP contribution in [0.1, 0.15) is 26.3 Å². The van der Waals surface area contributed by atoms with E-state index in [4.69, 9.17) is 4.43 Å². The molecule has 0 spiro atoms. The topological polar surface area (TPSA) is 26.3 Å². The average molecular weight is 278 g/mol. The second-order valence-electron chi connectivity index (χ2n) is 6.46. The third kappa shape index (κ3) is 5.29. The number of carbonyl (C=O) groups excluding carboxylic acids is 1. The Balaban J connectivity index is 2.87. The van der Waals surface area contributed by atoms with Gasteiger partial charge in [0.15, 0.2) is 9.04 Å². The first-order valence-electron chi connectivity index (χ1n) is 6.99. The molecule has 1 aromatic rings. The molecule has 0 saturated carbocycles. The van der Waals surface area contributed by atoms with Crippen molar-refractivity contribution in [1.82, 2.24) is 0 Å². The van der Waals surface area contributed by atoms with Gasteiger partial charge in [-0.25, -0.2) is 0 Å². The summed E-state index contributed by atoms with van der Waals surface area (Å²) in [5.41, 5.74) is 1.18. The van der Waals surface area contributed by atoms with Crippen LogP contribution in [0, 0.1) is 11.3 Å². The molecular weight excluding hydrogens is 252 g/mol. The zero-order chi connectivity index (χ0) is 14.5. The van der Waals surface area contributed by atoms with E-state index in [1.807, 2.05) is 18.2 Å². The molecule has 0 aliphatic rings. The van der Waals surface area contributed by atoms with Gasteiger partial charge in [-0.05, 0) is 30.5 Å². The number of benzene rings is 1. The monoisotopic (exact) mass is 278 g/mol. The molecule has 0 fully saturated rings. The van der Waals surface area contributed by atoms with Crippen molar-refractivity contribution in [2.75, 3.05) is 0 Å². The first-order valence-corrected chi connectivity index (χ1v) is 9.77. The molecule has 1 aromatic carbocycles. The van der Waals surface area contributed by atoms with Crippen LogP contribution in [0.5, 0.6) is 0 Å². The van der Waals surface area contributed by atoms with E-state index in [-0.39, 0.29) is 17.4 Å². The zero-order valence-corrected chi connectivity index (χ0v) is 13.9. The summed E-state index contributed by atoms with van der Waals surface area (Å²) in [7, 11) is -1.16. The van der Waals surface area contributed by atoms with Crippen LogP contribution in [0.25, 0.3) is 0 Å². The highest BCUT2D eigenvalue weighted by atomic mass is 28.3. The van der Waals surface area contributed by atoms with E-state index in [0.29, 0.717) is 0 Å². The minimum atomic E-state index is -1.16. The van der Waals surface area contributed by atoms with Crippen LogP contribution >= 0.6 is 0 Å². The first-order chi connectivity index (χ1) is 8.84. The molecule has 1 rings (SSSR count). The lowest BCUT2D eigenvalue weighted by Gasteiger charge is -2.36. The maximum absolute atomic E-state index is 11.5. The lowest BCUT2D eigenvalue weighted by Crippen LogP contribution is -2.41. The Labute approximate surface area is 118 Å². The molecule has 2 unspecified atom stereocenters. The predicted molar refractivity (Wildman–Crippen MR) is 82.9 cm³/mol. The highest BCUT2D eigenvalue weighted by Crippen LogP contribution is 2.30. The lowest BCUT2D eigenvalue weighted by atomic mass is 9.79. The van der Waals surface area contributed by atoms with Gasteiger partial charge in [-0.2, -0.15) is 0 Å². The van der Waals surface area contributed by atoms with Crippen LogP contribution in [0.3, 0.4) is 0 Å². The number of hydrogen-bond acceptors (Lipinski definition) is 2. The fourth-order valence-electron chi connectivity index (χ4n) is 2.35. The SMILES string of the molecule is C[SiH](C)OC(C(C=O)Cc1ccccc1)C(C)(C)C. The van der Waals surface area contributed by atoms with Gasteiger partial charge >= 0.3 is 0 Å². The van der Waals surface area contributed by atoms with Crippen LogP contribution in [0.15, 0.2) is 30.3 Å². The summed E-state index contributed by atoms with van der Waals surface area (Å²) in [6, 6.07) is 10.2. The van der Waals surface area contributed by atoms with Gasteiger partial charge in [0.2, 0.25) is 0 Å². The fraction of sp³-hybridized carbons (Fsp3) is 0.562. The molecule has 0 aromatic heterocycles. The molecule has 0 radical (unpaired) electrons. The summed E-state index contributed by atoms with van der Waals surface area (Å²) in [6.45, 7) is 10.8. The molecule has 2 nitrogen and oxygen atoms in total. The average Bonchev–Trinajstić information content (AvgIpc) is 2.33. The van der Waals surface area contributed by atoms with Crippen LogP contribution < -0.4 is 0 Å². The Morgan fingerprint density at radius 3 is 2.21 bits per heavy atom. The van der Waals surface area contributed by atoms with E-state index in [2.05, 4.69) is 46.0 Å². The third-order valence-corrected chi connectivity index (χ3v) is 3.99. The molecule has 0 saturated heterocycles. The van der Waals surface area contributed by atoms with Crippen LogP contribution in [0.4, 0.5) is 0 Å². The second-order valence-corrected chi connectivity index (χ2v) is 8.83. The molecule has 0 bridgehead atoms. The van der Waals surface area contributed by atoms with E-state index in [0.717, 1.165) is 12.7 Å². The van der Waals surface area contributed by atoms with Crippen LogP contribution in [0.2, 0.25) is 13.1 Å². The Bertz CT molecular complexity index is 381. The molecular formula is C16H26O2Si. The van der Waals surface area contributed by atoms with E-state index in [1.165, 1.54) is 5.56 Å². The predicted octanol–water partition coefficient (Wildman–Crippen LogP) is 3.46. The fourth-order valence-corrected chi connectivity index (χ4v) is 3.55. The minimum Gasteiger partial charge on any atom is -0.416 e. The number of hydrogen-bond donors (Lipinski definition) is 0. The summed E-state index contributed by atoms with van der Waals surface area (Å²) >= 11 is 0. The molecule has 0 amide bonds. The van der Waals surface area contributed by atoms with Crippen molar-refractivity contribution in [3.63, 3.8) is 0 Å². The van der Waals surface area contributed by atoms with E-state index in [9.17, 15) is 4.79 Å². The molecule has 0 heterocycles. The Hall–Kier alpha value is -0.933. The van der Waals surface area contributed by atoms with Crippen molar-refractivity contribution < 1.29 is 9.22 Å². The van der Waals surface area contributed by atoms with Gasteiger partial charge < -0.3 is 9.22 Å². The van der Waals surface area contributed by atoms with Crippen molar-refractivity contribution in [2.24, 2.45) is 11.3 Å².